The van der Waals surface area contributed by atoms with Gasteiger partial charge in [0.2, 0.25) is 5.91 Å². The van der Waals surface area contributed by atoms with Crippen molar-refractivity contribution in [2.45, 2.75) is 46.2 Å². The number of carbonyl (C=O) groups is 3. The van der Waals surface area contributed by atoms with E-state index in [1.165, 1.54) is 13.2 Å². The molecule has 2 N–H and O–H groups in total. The van der Waals surface area contributed by atoms with E-state index in [2.05, 4.69) is 26.1 Å². The SMILES string of the molecule is COC(=O)CC1Nc2ccc(C(=O)O)cc2CN(CCC(C)(C)C)C1=O. The lowest BCUT2D eigenvalue weighted by Crippen LogP contribution is -2.42. The lowest BCUT2D eigenvalue weighted by atomic mass is 9.92. The van der Waals surface area contributed by atoms with Crippen molar-refractivity contribution in [3.8, 4) is 0 Å². The molecule has 1 unspecified atom stereocenters. The molecule has 0 saturated heterocycles. The molecular formula is C19H26N2O5. The fourth-order valence-electron chi connectivity index (χ4n) is 2.80. The number of anilines is 1. The molecule has 0 aliphatic carbocycles. The van der Waals surface area contributed by atoms with Gasteiger partial charge in [0.15, 0.2) is 0 Å². The van der Waals surface area contributed by atoms with Crippen LogP contribution in [0.3, 0.4) is 0 Å². The highest BCUT2D eigenvalue weighted by atomic mass is 16.5. The molecule has 1 aromatic carbocycles. The van der Waals surface area contributed by atoms with Gasteiger partial charge in [-0.15, -0.1) is 0 Å². The summed E-state index contributed by atoms with van der Waals surface area (Å²) in [5, 5.41) is 12.3. The Hall–Kier alpha value is -2.57. The molecule has 7 heteroatoms. The minimum Gasteiger partial charge on any atom is -0.478 e. The van der Waals surface area contributed by atoms with Crippen molar-refractivity contribution < 1.29 is 24.2 Å². The van der Waals surface area contributed by atoms with Gasteiger partial charge in [0, 0.05) is 18.8 Å². The van der Waals surface area contributed by atoms with E-state index in [0.717, 1.165) is 12.0 Å². The Morgan fingerprint density at radius 1 is 1.35 bits per heavy atom. The molecule has 26 heavy (non-hydrogen) atoms. The van der Waals surface area contributed by atoms with Crippen LogP contribution in [0.4, 0.5) is 5.69 Å². The average molecular weight is 362 g/mol. The first-order valence-corrected chi connectivity index (χ1v) is 8.59. The maximum atomic E-state index is 12.9. The number of hydrogen-bond acceptors (Lipinski definition) is 5. The molecule has 2 rings (SSSR count). The molecule has 1 amide bonds. The van der Waals surface area contributed by atoms with Gasteiger partial charge < -0.3 is 20.1 Å². The highest BCUT2D eigenvalue weighted by Gasteiger charge is 2.32. The zero-order chi connectivity index (χ0) is 19.5. The second kappa shape index (κ2) is 7.76. The number of aromatic carboxylic acids is 1. The molecule has 1 aliphatic rings. The second-order valence-electron chi connectivity index (χ2n) is 7.72. The summed E-state index contributed by atoms with van der Waals surface area (Å²) in [7, 11) is 1.29. The summed E-state index contributed by atoms with van der Waals surface area (Å²) in [5.41, 5.74) is 1.60. The third kappa shape index (κ3) is 4.97. The van der Waals surface area contributed by atoms with E-state index < -0.39 is 18.0 Å². The monoisotopic (exact) mass is 362 g/mol. The van der Waals surface area contributed by atoms with Gasteiger partial charge in [-0.05, 0) is 35.6 Å². The van der Waals surface area contributed by atoms with E-state index >= 15 is 0 Å². The Morgan fingerprint density at radius 2 is 2.04 bits per heavy atom. The number of methoxy groups -OCH3 is 1. The van der Waals surface area contributed by atoms with E-state index in [4.69, 9.17) is 4.74 Å². The lowest BCUT2D eigenvalue weighted by molar-refractivity contribution is -0.144. The lowest BCUT2D eigenvalue weighted by Gasteiger charge is -2.27. The number of nitrogens with zero attached hydrogens (tertiary/aromatic N) is 1. The van der Waals surface area contributed by atoms with Crippen molar-refractivity contribution in [2.24, 2.45) is 5.41 Å². The van der Waals surface area contributed by atoms with Gasteiger partial charge >= 0.3 is 11.9 Å². The van der Waals surface area contributed by atoms with E-state index in [0.29, 0.717) is 18.8 Å². The summed E-state index contributed by atoms with van der Waals surface area (Å²) >= 11 is 0. The van der Waals surface area contributed by atoms with Gasteiger partial charge in [-0.1, -0.05) is 20.8 Å². The molecule has 1 aromatic rings. The average Bonchev–Trinajstić information content (AvgIpc) is 2.69. The molecule has 1 aliphatic heterocycles. The number of carboxylic acids is 1. The molecule has 1 atom stereocenters. The third-order valence-electron chi connectivity index (χ3n) is 4.38. The van der Waals surface area contributed by atoms with Gasteiger partial charge in [-0.2, -0.15) is 0 Å². The van der Waals surface area contributed by atoms with Crippen LogP contribution in [0.15, 0.2) is 18.2 Å². The van der Waals surface area contributed by atoms with Crippen molar-refractivity contribution >= 4 is 23.5 Å². The molecular weight excluding hydrogens is 336 g/mol. The van der Waals surface area contributed by atoms with Crippen molar-refractivity contribution in [1.82, 2.24) is 4.90 Å². The van der Waals surface area contributed by atoms with Crippen LogP contribution in [-0.2, 0) is 20.9 Å². The summed E-state index contributed by atoms with van der Waals surface area (Å²) in [6.07, 6.45) is 0.707. The number of carbonyl (C=O) groups excluding carboxylic acids is 2. The number of nitrogens with one attached hydrogen (secondary N) is 1. The van der Waals surface area contributed by atoms with Crippen LogP contribution in [0, 0.1) is 5.41 Å². The van der Waals surface area contributed by atoms with Crippen LogP contribution in [0.2, 0.25) is 0 Å². The predicted octanol–water partition coefficient (Wildman–Crippen LogP) is 2.51. The minimum absolute atomic E-state index is 0.0452. The number of fused-ring (bicyclic) bond motifs is 1. The number of hydrogen-bond donors (Lipinski definition) is 2. The highest BCUT2D eigenvalue weighted by Crippen LogP contribution is 2.27. The second-order valence-corrected chi connectivity index (χ2v) is 7.72. The summed E-state index contributed by atoms with van der Waals surface area (Å²) in [6.45, 7) is 7.11. The van der Waals surface area contributed by atoms with Gasteiger partial charge in [-0.25, -0.2) is 4.79 Å². The quantitative estimate of drug-likeness (QED) is 0.782. The Labute approximate surface area is 153 Å². The van der Waals surface area contributed by atoms with Crippen LogP contribution in [0.5, 0.6) is 0 Å². The van der Waals surface area contributed by atoms with E-state index in [9.17, 15) is 19.5 Å². The number of carboxylic acid groups (broad SMARTS) is 1. The molecule has 7 nitrogen and oxygen atoms in total. The van der Waals surface area contributed by atoms with E-state index in [1.807, 2.05) is 0 Å². The van der Waals surface area contributed by atoms with Crippen LogP contribution < -0.4 is 5.32 Å². The fraction of sp³-hybridized carbons (Fsp3) is 0.526. The number of amides is 1. The first-order chi connectivity index (χ1) is 12.1. The highest BCUT2D eigenvalue weighted by molar-refractivity contribution is 5.92. The minimum atomic E-state index is -1.02. The first kappa shape index (κ1) is 19.8. The molecule has 1 heterocycles. The van der Waals surface area contributed by atoms with Gasteiger partial charge in [0.05, 0.1) is 19.1 Å². The maximum Gasteiger partial charge on any atom is 0.335 e. The Balaban J connectivity index is 2.35. The summed E-state index contributed by atoms with van der Waals surface area (Å²) in [4.78, 5) is 37.6. The summed E-state index contributed by atoms with van der Waals surface area (Å²) in [5.74, 6) is -1.68. The van der Waals surface area contributed by atoms with Crippen LogP contribution in [0.25, 0.3) is 0 Å². The molecule has 0 fully saturated rings. The molecule has 0 spiro atoms. The fourth-order valence-corrected chi connectivity index (χ4v) is 2.80. The zero-order valence-electron chi connectivity index (χ0n) is 15.7. The molecule has 0 aromatic heterocycles. The Kier molecular flexibility index (Phi) is 5.90. The molecule has 0 radical (unpaired) electrons. The normalized spacial score (nSPS) is 17.2. The van der Waals surface area contributed by atoms with E-state index in [-0.39, 0.29) is 23.3 Å². The summed E-state index contributed by atoms with van der Waals surface area (Å²) < 4.78 is 4.70. The molecule has 142 valence electrons. The Morgan fingerprint density at radius 3 is 2.62 bits per heavy atom. The van der Waals surface area contributed by atoms with Crippen LogP contribution in [-0.4, -0.2) is 47.5 Å². The van der Waals surface area contributed by atoms with Gasteiger partial charge in [0.1, 0.15) is 6.04 Å². The van der Waals surface area contributed by atoms with Crippen molar-refractivity contribution in [2.75, 3.05) is 19.0 Å². The largest absolute Gasteiger partial charge is 0.478 e. The molecule has 0 bridgehead atoms. The predicted molar refractivity (Wildman–Crippen MR) is 96.9 cm³/mol. The van der Waals surface area contributed by atoms with Crippen molar-refractivity contribution in [1.29, 1.82) is 0 Å². The topological polar surface area (TPSA) is 95.9 Å². The maximum absolute atomic E-state index is 12.9. The van der Waals surface area contributed by atoms with Crippen LogP contribution in [0.1, 0.15) is 49.5 Å². The number of rotatable bonds is 5. The zero-order valence-corrected chi connectivity index (χ0v) is 15.7. The van der Waals surface area contributed by atoms with Gasteiger partial charge in [0.25, 0.3) is 0 Å². The summed E-state index contributed by atoms with van der Waals surface area (Å²) in [6, 6.07) is 3.96. The number of ether oxygens (including phenoxy) is 1. The molecule has 0 saturated carbocycles. The van der Waals surface area contributed by atoms with Crippen molar-refractivity contribution in [3.05, 3.63) is 29.3 Å². The first-order valence-electron chi connectivity index (χ1n) is 8.59. The van der Waals surface area contributed by atoms with E-state index in [1.54, 1.807) is 17.0 Å². The van der Waals surface area contributed by atoms with Crippen molar-refractivity contribution in [3.63, 3.8) is 0 Å². The third-order valence-corrected chi connectivity index (χ3v) is 4.38. The number of benzene rings is 1. The Bertz CT molecular complexity index is 708. The smallest absolute Gasteiger partial charge is 0.335 e. The standard InChI is InChI=1S/C19H26N2O5/c1-19(2,3)7-8-21-11-13-9-12(18(24)25)5-6-14(13)20-15(17(21)23)10-16(22)26-4/h5-6,9,15,20H,7-8,10-11H2,1-4H3,(H,24,25). The van der Waals surface area contributed by atoms with Crippen LogP contribution >= 0.6 is 0 Å². The number of esters is 1. The van der Waals surface area contributed by atoms with Gasteiger partial charge in [-0.3, -0.25) is 9.59 Å².